The van der Waals surface area contributed by atoms with Crippen LogP contribution in [0.5, 0.6) is 11.5 Å². The number of benzene rings is 4. The molecule has 0 aliphatic carbocycles. The maximum absolute atomic E-state index is 12.9. The minimum atomic E-state index is -0.112. The van der Waals surface area contributed by atoms with E-state index in [0.29, 0.717) is 82.7 Å². The van der Waals surface area contributed by atoms with Gasteiger partial charge in [0.2, 0.25) is 0 Å². The number of aromatic nitrogens is 12. The van der Waals surface area contributed by atoms with Crippen LogP contribution in [0.2, 0.25) is 0 Å². The fraction of sp³-hybridized carbons (Fsp3) is 0.367. The van der Waals surface area contributed by atoms with Crippen LogP contribution in [0.25, 0.3) is 67.1 Å². The van der Waals surface area contributed by atoms with E-state index in [1.165, 1.54) is 0 Å². The monoisotopic (exact) mass is 1480 g/mol. The molecule has 0 saturated carbocycles. The van der Waals surface area contributed by atoms with Gasteiger partial charge in [-0.2, -0.15) is 20.4 Å². The number of nitrogens with zero attached hydrogens (tertiary/aromatic N) is 17. The molecule has 2 amide bonds. The van der Waals surface area contributed by atoms with Crippen molar-refractivity contribution in [2.24, 2.45) is 0 Å². The van der Waals surface area contributed by atoms with Crippen molar-refractivity contribution in [1.82, 2.24) is 93.5 Å². The van der Waals surface area contributed by atoms with Crippen molar-refractivity contribution in [2.45, 2.75) is 19.9 Å². The van der Waals surface area contributed by atoms with Gasteiger partial charge >= 0.3 is 0 Å². The molecule has 5 aliphatic rings. The molecular formula is C79H95N23O7. The average Bonchev–Trinajstić information content (AvgIpc) is 1.69. The molecule has 12 aromatic rings. The predicted molar refractivity (Wildman–Crippen MR) is 421 cm³/mol. The fourth-order valence-corrected chi connectivity index (χ4v) is 13.6. The number of nitrogens with one attached hydrogen (secondary N) is 6. The number of fused-ring (bicyclic) bond motifs is 16. The van der Waals surface area contributed by atoms with Gasteiger partial charge in [-0.15, -0.1) is 0 Å². The zero-order valence-corrected chi connectivity index (χ0v) is 61.7. The number of β-amino-alcohol motifs (C(OH)–C–C–N with tert-alkyl or cyclic N) is 2. The molecule has 4 aromatic carbocycles. The third-order valence-electron chi connectivity index (χ3n) is 19.6. The molecule has 0 atom stereocenters. The van der Waals surface area contributed by atoms with Crippen LogP contribution in [0.3, 0.4) is 0 Å². The molecule has 0 radical (unpaired) electrons. The topological polar surface area (TPSA) is 311 Å². The second-order valence-electron chi connectivity index (χ2n) is 27.2. The molecule has 17 rings (SSSR count). The summed E-state index contributed by atoms with van der Waals surface area (Å²) in [6, 6.07) is 39.5. The summed E-state index contributed by atoms with van der Waals surface area (Å²) < 4.78 is 24.6. The first kappa shape index (κ1) is 74.6. The van der Waals surface area contributed by atoms with E-state index >= 15 is 0 Å². The zero-order chi connectivity index (χ0) is 74.7. The van der Waals surface area contributed by atoms with Crippen LogP contribution in [0, 0.1) is 0 Å². The van der Waals surface area contributed by atoms with Gasteiger partial charge in [0.25, 0.3) is 11.8 Å². The van der Waals surface area contributed by atoms with Crippen molar-refractivity contribution in [3.05, 3.63) is 182 Å². The zero-order valence-electron chi connectivity index (χ0n) is 61.7. The Morgan fingerprint density at radius 1 is 0.394 bits per heavy atom. The summed E-state index contributed by atoms with van der Waals surface area (Å²) in [7, 11) is 0. The number of aliphatic hydroxyl groups excluding tert-OH is 2. The highest BCUT2D eigenvalue weighted by molar-refractivity contribution is 5.97. The van der Waals surface area contributed by atoms with Crippen molar-refractivity contribution >= 4 is 57.7 Å². The minimum absolute atomic E-state index is 0.0627. The van der Waals surface area contributed by atoms with Crippen molar-refractivity contribution in [3.63, 3.8) is 0 Å². The Morgan fingerprint density at radius 3 is 1.29 bits per heavy atom. The Balaban J connectivity index is 0.000000122. The summed E-state index contributed by atoms with van der Waals surface area (Å²) in [5, 5.41) is 56.0. The molecule has 1 saturated heterocycles. The van der Waals surface area contributed by atoms with Crippen LogP contribution < -0.4 is 41.4 Å². The van der Waals surface area contributed by atoms with E-state index in [1.807, 2.05) is 127 Å². The average molecular weight is 1480 g/mol. The highest BCUT2D eigenvalue weighted by Crippen LogP contribution is 2.32. The number of aliphatic hydroxyl groups is 2. The van der Waals surface area contributed by atoms with E-state index in [0.717, 1.165) is 194 Å². The van der Waals surface area contributed by atoms with E-state index in [-0.39, 0.29) is 25.0 Å². The number of carbonyl (C=O) groups excluding carboxylic acids is 2. The summed E-state index contributed by atoms with van der Waals surface area (Å²) in [4.78, 5) is 55.5. The highest BCUT2D eigenvalue weighted by atomic mass is 16.5. The number of hydrogen-bond donors (Lipinski definition) is 8. The predicted octanol–water partition coefficient (Wildman–Crippen LogP) is 6.44. The van der Waals surface area contributed by atoms with Gasteiger partial charge in [0.05, 0.1) is 51.2 Å². The van der Waals surface area contributed by atoms with Crippen LogP contribution in [-0.4, -0.2) is 281 Å². The van der Waals surface area contributed by atoms with E-state index in [4.69, 9.17) is 29.2 Å². The molecule has 0 unspecified atom stereocenters. The third kappa shape index (κ3) is 19.2. The largest absolute Gasteiger partial charge is 0.492 e. The van der Waals surface area contributed by atoms with Gasteiger partial charge in [0, 0.05) is 195 Å². The van der Waals surface area contributed by atoms with Gasteiger partial charge in [-0.1, -0.05) is 48.5 Å². The summed E-state index contributed by atoms with van der Waals surface area (Å²) >= 11 is 0. The first-order valence-corrected chi connectivity index (χ1v) is 37.6. The van der Waals surface area contributed by atoms with Gasteiger partial charge in [-0.3, -0.25) is 29.2 Å². The molecule has 5 aliphatic heterocycles. The summed E-state index contributed by atoms with van der Waals surface area (Å²) in [5.74, 6) is 4.87. The quantitative estimate of drug-likeness (QED) is 0.0812. The van der Waals surface area contributed by atoms with E-state index in [9.17, 15) is 19.8 Å². The molecule has 1 fully saturated rings. The number of hydrogen-bond acceptors (Lipinski definition) is 24. The molecule has 30 heteroatoms. The van der Waals surface area contributed by atoms with Crippen molar-refractivity contribution in [1.29, 1.82) is 0 Å². The SMILES string of the molecule is CC(C)N1CCNc2ccn3ncc(c3n2)-c2cccc(c2)OCC1.O=C1NCCN(CCO)CCNc2ccn3ncc(c3n2)-c2cccc1c2.O=C1c2cccc(c2)-c2cnn3ccc(nc23)NCCNCCN1CCO.c1cc2cc(c1)-c1cnn3ccc(nc13)NCCN(CCN1CCOCC1)CCO2. The van der Waals surface area contributed by atoms with E-state index < -0.39 is 0 Å². The first-order chi connectivity index (χ1) is 53.6. The Hall–Kier alpha value is -11.2. The summed E-state index contributed by atoms with van der Waals surface area (Å²) in [6.45, 7) is 23.1. The lowest BCUT2D eigenvalue weighted by atomic mass is 10.0. The Bertz CT molecular complexity index is 5000. The third-order valence-corrected chi connectivity index (χ3v) is 19.6. The maximum Gasteiger partial charge on any atom is 0.253 e. The van der Waals surface area contributed by atoms with Crippen LogP contribution in [0.15, 0.2) is 171 Å². The lowest BCUT2D eigenvalue weighted by Crippen LogP contribution is -2.43. The fourth-order valence-electron chi connectivity index (χ4n) is 13.6. The molecule has 16 bridgehead atoms. The molecule has 13 heterocycles. The number of anilines is 4. The number of morpholine rings is 1. The van der Waals surface area contributed by atoms with Crippen molar-refractivity contribution in [3.8, 4) is 56.0 Å². The smallest absolute Gasteiger partial charge is 0.253 e. The van der Waals surface area contributed by atoms with Gasteiger partial charge < -0.3 is 61.2 Å². The van der Waals surface area contributed by atoms with Gasteiger partial charge in [-0.05, 0) is 109 Å². The first-order valence-electron chi connectivity index (χ1n) is 37.6. The molecular weight excluding hydrogens is 1380 g/mol. The number of ether oxygens (including phenoxy) is 3. The standard InChI is InChI=1S/C22H28N6O2.2C19H22N6O2.C19H23N5O/c1-2-18-16-19(3-1)30-15-12-26(8-9-27-10-13-29-14-11-27)7-5-23-21-4-6-28-22(25-21)20(18)17-24-28;26-11-10-24-8-5-20-17-4-7-25-18(23-17)16(13-22-25)14-2-1-3-15(12-14)19(27)21-6-9-24;26-11-10-24-9-7-20-5-6-21-17-4-8-25-18(23-17)16(13-22-25)14-2-1-3-15(12-14)19(24)27;1-14(2)23-9-7-20-18-6-8-24-19(22-18)17(13-21-24)15-4-3-5-16(12-15)25-11-10-23/h1-4,6,16-17H,5,7-15H2,(H,23,25);1-4,7,12-13,26H,5-6,8-11H2,(H,20,23)(H,21,27);1-4,8,12-13,20,26H,5-7,9-11H2,(H,21,23);3-6,8,12-14H,7,9-11H2,1-2H3,(H,20,22). The molecule has 8 aromatic heterocycles. The number of amides is 2. The molecule has 568 valence electrons. The summed E-state index contributed by atoms with van der Waals surface area (Å²) in [5.41, 5.74) is 12.0. The van der Waals surface area contributed by atoms with Crippen LogP contribution in [0.4, 0.5) is 23.3 Å². The number of rotatable bonds is 8. The van der Waals surface area contributed by atoms with Crippen LogP contribution in [-0.2, 0) is 4.74 Å². The Labute approximate surface area is 632 Å². The molecule has 0 spiro atoms. The van der Waals surface area contributed by atoms with Crippen LogP contribution in [0.1, 0.15) is 34.6 Å². The lowest BCUT2D eigenvalue weighted by molar-refractivity contribution is 0.0329. The van der Waals surface area contributed by atoms with E-state index in [1.54, 1.807) is 43.0 Å². The van der Waals surface area contributed by atoms with Crippen molar-refractivity contribution < 1.29 is 34.0 Å². The molecule has 30 nitrogen and oxygen atoms in total. The van der Waals surface area contributed by atoms with Gasteiger partial charge in [0.1, 0.15) is 48.0 Å². The maximum atomic E-state index is 12.9. The highest BCUT2D eigenvalue weighted by Gasteiger charge is 2.22. The molecule has 109 heavy (non-hydrogen) atoms. The Morgan fingerprint density at radius 2 is 0.798 bits per heavy atom. The molecule has 8 N–H and O–H groups in total. The van der Waals surface area contributed by atoms with Crippen molar-refractivity contribution in [2.75, 3.05) is 192 Å². The van der Waals surface area contributed by atoms with E-state index in [2.05, 4.69) is 115 Å². The normalized spacial score (nSPS) is 16.5. The summed E-state index contributed by atoms with van der Waals surface area (Å²) in [6.07, 6.45) is 14.9. The van der Waals surface area contributed by atoms with Gasteiger partial charge in [0.15, 0.2) is 22.6 Å². The lowest BCUT2D eigenvalue weighted by Gasteiger charge is -2.30. The Kier molecular flexibility index (Phi) is 25.0. The second-order valence-corrected chi connectivity index (χ2v) is 27.2. The number of carbonyl (C=O) groups is 2. The van der Waals surface area contributed by atoms with Gasteiger partial charge in [-0.25, -0.2) is 38.0 Å². The second kappa shape index (κ2) is 36.6. The van der Waals surface area contributed by atoms with Crippen LogP contribution >= 0.6 is 0 Å². The minimum Gasteiger partial charge on any atom is -0.492 e.